The number of carbonyl (C=O) groups is 2. The van der Waals surface area contributed by atoms with Crippen LogP contribution in [0.1, 0.15) is 35.7 Å². The maximum absolute atomic E-state index is 12.7. The monoisotopic (exact) mass is 424 g/mol. The fraction of sp³-hybridized carbons (Fsp3) is 0.318. The van der Waals surface area contributed by atoms with Crippen molar-refractivity contribution in [2.75, 3.05) is 5.32 Å². The zero-order valence-electron chi connectivity index (χ0n) is 16.3. The van der Waals surface area contributed by atoms with E-state index < -0.39 is 5.60 Å². The topological polar surface area (TPSA) is 107 Å². The number of hydrogen-bond acceptors (Lipinski definition) is 4. The van der Waals surface area contributed by atoms with Gasteiger partial charge >= 0.3 is 0 Å². The van der Waals surface area contributed by atoms with E-state index in [-0.39, 0.29) is 29.7 Å². The molecular weight excluding hydrogens is 404 g/mol. The Hall–Kier alpha value is -2.90. The molecule has 0 aliphatic heterocycles. The molecule has 2 saturated carbocycles. The van der Waals surface area contributed by atoms with E-state index in [2.05, 4.69) is 20.8 Å². The molecule has 1 heterocycles. The van der Waals surface area contributed by atoms with Gasteiger partial charge in [-0.05, 0) is 60.6 Å². The second kappa shape index (κ2) is 6.82. The van der Waals surface area contributed by atoms with Crippen LogP contribution in [-0.4, -0.2) is 33.2 Å². The average molecular weight is 425 g/mol. The summed E-state index contributed by atoms with van der Waals surface area (Å²) in [5.74, 6) is 0.0817. The minimum absolute atomic E-state index is 0.0428. The predicted molar refractivity (Wildman–Crippen MR) is 113 cm³/mol. The summed E-state index contributed by atoms with van der Waals surface area (Å²) in [5.41, 5.74) is 1.70. The summed E-state index contributed by atoms with van der Waals surface area (Å²) in [6.45, 7) is 1.43. The molecule has 8 heteroatoms. The summed E-state index contributed by atoms with van der Waals surface area (Å²) in [5, 5.41) is 25.5. The molecule has 0 bridgehead atoms. The third kappa shape index (κ3) is 3.24. The lowest BCUT2D eigenvalue weighted by atomic mass is 9.86. The van der Waals surface area contributed by atoms with Gasteiger partial charge in [0.2, 0.25) is 5.91 Å². The second-order valence-corrected chi connectivity index (χ2v) is 8.75. The number of fused-ring (bicyclic) bond motifs is 2. The molecule has 0 radical (unpaired) electrons. The van der Waals surface area contributed by atoms with Crippen molar-refractivity contribution in [2.24, 2.45) is 11.8 Å². The van der Waals surface area contributed by atoms with E-state index in [0.717, 1.165) is 16.5 Å². The first-order chi connectivity index (χ1) is 14.3. The lowest BCUT2D eigenvalue weighted by Gasteiger charge is -2.27. The molecule has 0 saturated heterocycles. The molecule has 3 aromatic rings. The number of halogens is 1. The number of anilines is 1. The SMILES string of the molecule is CC(=O)Nc1cccc(C(=O)NC2C3CC(O)(c4cc(Cl)cc5[nH]ncc45)CC32)c1. The fourth-order valence-corrected chi connectivity index (χ4v) is 5.09. The summed E-state index contributed by atoms with van der Waals surface area (Å²) >= 11 is 6.24. The normalized spacial score (nSPS) is 27.0. The van der Waals surface area contributed by atoms with Gasteiger partial charge in [0, 0.05) is 34.6 Å². The van der Waals surface area contributed by atoms with Gasteiger partial charge in [0.15, 0.2) is 0 Å². The largest absolute Gasteiger partial charge is 0.385 e. The lowest BCUT2D eigenvalue weighted by Crippen LogP contribution is -2.33. The van der Waals surface area contributed by atoms with Crippen LogP contribution in [0.2, 0.25) is 5.02 Å². The standard InChI is InChI=1S/C22H21ClN4O3/c1-11(28)25-14-4-2-3-12(5-14)21(29)26-20-15-8-22(30,9-16(15)20)18-6-13(23)7-19-17(18)10-24-27-19/h2-7,10,15-16,20,30H,8-9H2,1H3,(H,24,27)(H,25,28)(H,26,29). The van der Waals surface area contributed by atoms with Crippen LogP contribution in [0.3, 0.4) is 0 Å². The number of nitrogens with zero attached hydrogens (tertiary/aromatic N) is 1. The predicted octanol–water partition coefficient (Wildman–Crippen LogP) is 3.20. The molecule has 2 amide bonds. The number of aromatic amines is 1. The Morgan fingerprint density at radius 1 is 1.23 bits per heavy atom. The van der Waals surface area contributed by atoms with E-state index in [1.165, 1.54) is 6.92 Å². The first kappa shape index (κ1) is 19.1. The average Bonchev–Trinajstić information content (AvgIpc) is 3.05. The van der Waals surface area contributed by atoms with E-state index in [1.807, 2.05) is 6.07 Å². The van der Waals surface area contributed by atoms with Gasteiger partial charge in [0.25, 0.3) is 5.91 Å². The van der Waals surface area contributed by atoms with Crippen LogP contribution in [0.5, 0.6) is 0 Å². The van der Waals surface area contributed by atoms with Gasteiger partial charge in [0.1, 0.15) is 0 Å². The minimum atomic E-state index is -0.977. The number of aliphatic hydroxyl groups is 1. The number of aromatic nitrogens is 2. The number of benzene rings is 2. The number of nitrogens with one attached hydrogen (secondary N) is 3. The number of H-pyrrole nitrogens is 1. The molecule has 7 nitrogen and oxygen atoms in total. The Morgan fingerprint density at radius 3 is 2.73 bits per heavy atom. The van der Waals surface area contributed by atoms with E-state index in [1.54, 1.807) is 36.5 Å². The Balaban J connectivity index is 1.28. The van der Waals surface area contributed by atoms with Gasteiger partial charge in [-0.3, -0.25) is 14.7 Å². The Kier molecular flexibility index (Phi) is 4.34. The number of amides is 2. The smallest absolute Gasteiger partial charge is 0.251 e. The van der Waals surface area contributed by atoms with E-state index in [9.17, 15) is 14.7 Å². The van der Waals surface area contributed by atoms with Crippen molar-refractivity contribution in [1.29, 1.82) is 0 Å². The first-order valence-corrected chi connectivity index (χ1v) is 10.3. The van der Waals surface area contributed by atoms with Crippen molar-refractivity contribution in [3.63, 3.8) is 0 Å². The highest BCUT2D eigenvalue weighted by Gasteiger charge is 2.62. The van der Waals surface area contributed by atoms with Crippen molar-refractivity contribution in [3.05, 3.63) is 58.7 Å². The maximum Gasteiger partial charge on any atom is 0.251 e. The Morgan fingerprint density at radius 2 is 2.00 bits per heavy atom. The summed E-state index contributed by atoms with van der Waals surface area (Å²) in [6.07, 6.45) is 2.84. The molecule has 2 fully saturated rings. The molecule has 2 aliphatic rings. The Labute approximate surface area is 177 Å². The molecule has 2 aliphatic carbocycles. The highest BCUT2D eigenvalue weighted by atomic mass is 35.5. The van der Waals surface area contributed by atoms with Crippen LogP contribution in [0.4, 0.5) is 5.69 Å². The number of rotatable bonds is 4. The molecule has 2 atom stereocenters. The summed E-state index contributed by atoms with van der Waals surface area (Å²) in [7, 11) is 0. The summed E-state index contributed by atoms with van der Waals surface area (Å²) in [6, 6.07) is 10.5. The molecule has 2 aromatic carbocycles. The van der Waals surface area contributed by atoms with Gasteiger partial charge in [0.05, 0.1) is 17.3 Å². The van der Waals surface area contributed by atoms with Crippen LogP contribution in [0, 0.1) is 11.8 Å². The van der Waals surface area contributed by atoms with Gasteiger partial charge in [-0.1, -0.05) is 17.7 Å². The van der Waals surface area contributed by atoms with Gasteiger partial charge in [-0.15, -0.1) is 0 Å². The zero-order chi connectivity index (χ0) is 21.0. The highest BCUT2D eigenvalue weighted by Crippen LogP contribution is 2.60. The summed E-state index contributed by atoms with van der Waals surface area (Å²) in [4.78, 5) is 23.9. The molecule has 30 heavy (non-hydrogen) atoms. The van der Waals surface area contributed by atoms with Crippen LogP contribution < -0.4 is 10.6 Å². The molecule has 1 aromatic heterocycles. The molecule has 5 rings (SSSR count). The number of hydrogen-bond donors (Lipinski definition) is 4. The van der Waals surface area contributed by atoms with Crippen LogP contribution in [0.25, 0.3) is 10.9 Å². The van der Waals surface area contributed by atoms with Crippen molar-refractivity contribution in [1.82, 2.24) is 15.5 Å². The zero-order valence-corrected chi connectivity index (χ0v) is 17.0. The maximum atomic E-state index is 12.7. The molecule has 0 spiro atoms. The fourth-order valence-electron chi connectivity index (χ4n) is 4.88. The minimum Gasteiger partial charge on any atom is -0.385 e. The van der Waals surface area contributed by atoms with E-state index >= 15 is 0 Å². The van der Waals surface area contributed by atoms with Crippen LogP contribution >= 0.6 is 11.6 Å². The molecular formula is C22H21ClN4O3. The van der Waals surface area contributed by atoms with Crippen molar-refractivity contribution >= 4 is 40.0 Å². The molecule has 4 N–H and O–H groups in total. The van der Waals surface area contributed by atoms with Crippen molar-refractivity contribution < 1.29 is 14.7 Å². The third-order valence-corrected chi connectivity index (χ3v) is 6.46. The lowest BCUT2D eigenvalue weighted by molar-refractivity contribution is -0.114. The van der Waals surface area contributed by atoms with Gasteiger partial charge < -0.3 is 15.7 Å². The Bertz CT molecular complexity index is 1160. The highest BCUT2D eigenvalue weighted by molar-refractivity contribution is 6.31. The van der Waals surface area contributed by atoms with Crippen LogP contribution in [0.15, 0.2) is 42.6 Å². The van der Waals surface area contributed by atoms with Crippen molar-refractivity contribution in [2.45, 2.75) is 31.4 Å². The third-order valence-electron chi connectivity index (χ3n) is 6.25. The van der Waals surface area contributed by atoms with Crippen molar-refractivity contribution in [3.8, 4) is 0 Å². The molecule has 154 valence electrons. The van der Waals surface area contributed by atoms with E-state index in [4.69, 9.17) is 11.6 Å². The van der Waals surface area contributed by atoms with Gasteiger partial charge in [-0.25, -0.2) is 0 Å². The van der Waals surface area contributed by atoms with E-state index in [0.29, 0.717) is 29.1 Å². The second-order valence-electron chi connectivity index (χ2n) is 8.31. The van der Waals surface area contributed by atoms with Crippen LogP contribution in [-0.2, 0) is 10.4 Å². The number of carbonyl (C=O) groups excluding carboxylic acids is 2. The summed E-state index contributed by atoms with van der Waals surface area (Å²) < 4.78 is 0. The quantitative estimate of drug-likeness (QED) is 0.515. The molecule has 2 unspecified atom stereocenters. The van der Waals surface area contributed by atoms with Gasteiger partial charge in [-0.2, -0.15) is 5.10 Å². The first-order valence-electron chi connectivity index (χ1n) is 9.88.